The van der Waals surface area contributed by atoms with Gasteiger partial charge in [-0.3, -0.25) is 14.3 Å². The molecule has 3 aromatic carbocycles. The number of aliphatic carboxylic acids is 1. The number of halogens is 2. The van der Waals surface area contributed by atoms with E-state index in [-0.39, 0.29) is 25.5 Å². The molecule has 4 rings (SSSR count). The molecule has 1 heterocycles. The van der Waals surface area contributed by atoms with Crippen LogP contribution < -0.4 is 5.32 Å². The maximum Gasteiger partial charge on any atom is 0.305 e. The number of carbonyl (C=O) groups is 2. The van der Waals surface area contributed by atoms with Gasteiger partial charge in [0.1, 0.15) is 0 Å². The molecule has 0 aliphatic carbocycles. The number of amides is 1. The number of carboxylic acids is 1. The van der Waals surface area contributed by atoms with Gasteiger partial charge in [-0.1, -0.05) is 123 Å². The van der Waals surface area contributed by atoms with Gasteiger partial charge in [-0.05, 0) is 72.0 Å². The van der Waals surface area contributed by atoms with Crippen molar-refractivity contribution in [2.24, 2.45) is 0 Å². The van der Waals surface area contributed by atoms with Crippen molar-refractivity contribution in [3.8, 4) is 22.4 Å². The molecule has 0 atom stereocenters. The topological polar surface area (TPSA) is 104 Å². The van der Waals surface area contributed by atoms with Crippen LogP contribution in [0.15, 0.2) is 119 Å². The molecule has 0 saturated carbocycles. The molecule has 1 amide bonds. The van der Waals surface area contributed by atoms with Crippen molar-refractivity contribution in [1.82, 2.24) is 15.1 Å². The van der Waals surface area contributed by atoms with Gasteiger partial charge in [0.05, 0.1) is 25.3 Å². The lowest BCUT2D eigenvalue weighted by Gasteiger charge is -2.10. The smallest absolute Gasteiger partial charge is 0.305 e. The average Bonchev–Trinajstić information content (AvgIpc) is 3.58. The first-order chi connectivity index (χ1) is 23.2. The standard InChI is InChI=1S/C27H25N3O4.C8H10Cl2.2C2H6/c31-18-20-3-5-21(6-4-20)22-9-11-23(12-10-22)25-13-16-29-30(25)17-19-1-7-24(8-2-19)27(34)28-15-14-26(32)33;1-3-7(2)6-8(10)4-5-9;2*1-2/h1-13,16,31H,14-15,17-18H2,(H,28,34)(H,32,33);3-6H,1-2H3;2*1-2H3/b;5-4+,7-3-,8-6+;;. The number of nitrogens with zero attached hydrogens (tertiary/aromatic N) is 2. The summed E-state index contributed by atoms with van der Waals surface area (Å²) in [6.45, 7) is 12.6. The SMILES string of the molecule is CC.CC.C\C=C(C)/C=C(Cl)\C=C\Cl.O=C(O)CCNC(=O)c1ccc(Cn2nccc2-c2ccc(-c3ccc(CO)cc3)cc2)cc1. The molecule has 3 N–H and O–H groups in total. The predicted octanol–water partition coefficient (Wildman–Crippen LogP) is 9.84. The van der Waals surface area contributed by atoms with E-state index in [1.54, 1.807) is 24.4 Å². The van der Waals surface area contributed by atoms with Crippen LogP contribution in [0.3, 0.4) is 0 Å². The molecule has 0 unspecified atom stereocenters. The third-order valence-electron chi connectivity index (χ3n) is 6.58. The molecule has 0 bridgehead atoms. The third kappa shape index (κ3) is 14.6. The van der Waals surface area contributed by atoms with E-state index in [0.717, 1.165) is 39.1 Å². The van der Waals surface area contributed by atoms with Crippen LogP contribution in [-0.4, -0.2) is 38.4 Å². The van der Waals surface area contributed by atoms with Gasteiger partial charge in [0, 0.05) is 28.9 Å². The number of nitrogens with one attached hydrogen (secondary N) is 1. The molecule has 0 saturated heterocycles. The molecule has 7 nitrogen and oxygen atoms in total. The summed E-state index contributed by atoms with van der Waals surface area (Å²) in [5, 5.41) is 25.6. The average molecular weight is 693 g/mol. The lowest BCUT2D eigenvalue weighted by molar-refractivity contribution is -0.136. The fraction of sp³-hybridized carbons (Fsp3) is 0.256. The van der Waals surface area contributed by atoms with Crippen molar-refractivity contribution in [3.63, 3.8) is 0 Å². The first-order valence-electron chi connectivity index (χ1n) is 15.9. The molecule has 4 aromatic rings. The Hall–Kier alpha value is -4.43. The number of rotatable bonds is 11. The summed E-state index contributed by atoms with van der Waals surface area (Å²) in [4.78, 5) is 22.7. The predicted molar refractivity (Wildman–Crippen MR) is 200 cm³/mol. The number of aliphatic hydroxyl groups is 1. The first kappa shape index (κ1) is 41.6. The molecule has 9 heteroatoms. The van der Waals surface area contributed by atoms with Crippen molar-refractivity contribution in [1.29, 1.82) is 0 Å². The second-order valence-electron chi connectivity index (χ2n) is 9.76. The number of carbonyl (C=O) groups excluding carboxylic acids is 1. The summed E-state index contributed by atoms with van der Waals surface area (Å²) in [7, 11) is 0. The van der Waals surface area contributed by atoms with E-state index in [4.69, 9.17) is 28.3 Å². The van der Waals surface area contributed by atoms with Gasteiger partial charge in [-0.2, -0.15) is 5.10 Å². The van der Waals surface area contributed by atoms with Crippen LogP contribution in [-0.2, 0) is 17.9 Å². The van der Waals surface area contributed by atoms with Gasteiger partial charge in [-0.15, -0.1) is 0 Å². The molecule has 0 radical (unpaired) electrons. The number of aliphatic hydroxyl groups excluding tert-OH is 1. The van der Waals surface area contributed by atoms with Gasteiger partial charge < -0.3 is 15.5 Å². The zero-order valence-electron chi connectivity index (χ0n) is 28.6. The molecule has 48 heavy (non-hydrogen) atoms. The Balaban J connectivity index is 0.000000702. The highest BCUT2D eigenvalue weighted by Crippen LogP contribution is 2.25. The maximum atomic E-state index is 12.1. The van der Waals surface area contributed by atoms with E-state index in [0.29, 0.717) is 17.1 Å². The molecule has 0 aliphatic heterocycles. The second-order valence-corrected chi connectivity index (χ2v) is 10.4. The quantitative estimate of drug-likeness (QED) is 0.136. The zero-order valence-corrected chi connectivity index (χ0v) is 30.1. The minimum absolute atomic E-state index is 0.0337. The highest BCUT2D eigenvalue weighted by Gasteiger charge is 2.09. The number of carboxylic acid groups (broad SMARTS) is 1. The summed E-state index contributed by atoms with van der Waals surface area (Å²) < 4.78 is 1.91. The highest BCUT2D eigenvalue weighted by molar-refractivity contribution is 6.33. The van der Waals surface area contributed by atoms with Gasteiger partial charge >= 0.3 is 5.97 Å². The minimum Gasteiger partial charge on any atom is -0.481 e. The van der Waals surface area contributed by atoms with E-state index >= 15 is 0 Å². The Morgan fingerprint density at radius 1 is 0.854 bits per heavy atom. The lowest BCUT2D eigenvalue weighted by Crippen LogP contribution is -2.25. The van der Waals surface area contributed by atoms with Crippen molar-refractivity contribution < 1.29 is 19.8 Å². The van der Waals surface area contributed by atoms with Gasteiger partial charge in [0.15, 0.2) is 0 Å². The van der Waals surface area contributed by atoms with Gasteiger partial charge in [-0.25, -0.2) is 0 Å². The summed E-state index contributed by atoms with van der Waals surface area (Å²) in [6.07, 6.45) is 7.12. The van der Waals surface area contributed by atoms with Crippen molar-refractivity contribution in [3.05, 3.63) is 136 Å². The highest BCUT2D eigenvalue weighted by atomic mass is 35.5. The van der Waals surface area contributed by atoms with Crippen LogP contribution in [0.1, 0.15) is 69.4 Å². The number of benzene rings is 3. The second kappa shape index (κ2) is 23.8. The van der Waals surface area contributed by atoms with E-state index < -0.39 is 5.97 Å². The zero-order chi connectivity index (χ0) is 35.9. The molecular formula is C39H47Cl2N3O4. The van der Waals surface area contributed by atoms with Crippen molar-refractivity contribution >= 4 is 35.1 Å². The molecule has 0 fully saturated rings. The Bertz CT molecular complexity index is 1610. The number of aromatic nitrogens is 2. The largest absolute Gasteiger partial charge is 0.481 e. The van der Waals surface area contributed by atoms with E-state index in [9.17, 15) is 14.7 Å². The number of allylic oxidation sites excluding steroid dienone is 5. The molecule has 0 aliphatic rings. The van der Waals surface area contributed by atoms with Crippen LogP contribution in [0, 0.1) is 0 Å². The summed E-state index contributed by atoms with van der Waals surface area (Å²) in [5.41, 5.74) is 9.09. The number of hydrogen-bond donors (Lipinski definition) is 3. The van der Waals surface area contributed by atoms with E-state index in [1.807, 2.05) is 101 Å². The Kier molecular flexibility index (Phi) is 20.6. The minimum atomic E-state index is -0.947. The fourth-order valence-electron chi connectivity index (χ4n) is 4.07. The van der Waals surface area contributed by atoms with Crippen LogP contribution >= 0.6 is 23.2 Å². The monoisotopic (exact) mass is 691 g/mol. The Labute approximate surface area is 295 Å². The normalized spacial score (nSPS) is 10.9. The molecule has 0 spiro atoms. The first-order valence-corrected chi connectivity index (χ1v) is 16.7. The van der Waals surface area contributed by atoms with Gasteiger partial charge in [0.2, 0.25) is 0 Å². The summed E-state index contributed by atoms with van der Waals surface area (Å²) in [6, 6.07) is 25.3. The van der Waals surface area contributed by atoms with Gasteiger partial charge in [0.25, 0.3) is 5.91 Å². The number of hydrogen-bond acceptors (Lipinski definition) is 4. The molecule has 1 aromatic heterocycles. The van der Waals surface area contributed by atoms with Crippen LogP contribution in [0.4, 0.5) is 0 Å². The molecular weight excluding hydrogens is 645 g/mol. The van der Waals surface area contributed by atoms with Crippen LogP contribution in [0.2, 0.25) is 0 Å². The van der Waals surface area contributed by atoms with E-state index in [2.05, 4.69) is 34.7 Å². The fourth-order valence-corrected chi connectivity index (χ4v) is 4.50. The van der Waals surface area contributed by atoms with Crippen molar-refractivity contribution in [2.45, 2.75) is 61.1 Å². The van der Waals surface area contributed by atoms with Crippen molar-refractivity contribution in [2.75, 3.05) is 6.54 Å². The summed E-state index contributed by atoms with van der Waals surface area (Å²) >= 11 is 11.0. The lowest BCUT2D eigenvalue weighted by atomic mass is 10.0. The maximum absolute atomic E-state index is 12.1. The molecule has 256 valence electrons. The van der Waals surface area contributed by atoms with Crippen LogP contribution in [0.5, 0.6) is 0 Å². The van der Waals surface area contributed by atoms with E-state index in [1.165, 1.54) is 5.54 Å². The Morgan fingerprint density at radius 2 is 1.40 bits per heavy atom. The van der Waals surface area contributed by atoms with Crippen LogP contribution in [0.25, 0.3) is 22.4 Å². The third-order valence-corrected chi connectivity index (χ3v) is 6.94. The Morgan fingerprint density at radius 3 is 1.92 bits per heavy atom. The summed E-state index contributed by atoms with van der Waals surface area (Å²) in [5.74, 6) is -1.24.